The van der Waals surface area contributed by atoms with Gasteiger partial charge in [-0.15, -0.1) is 0 Å². The van der Waals surface area contributed by atoms with Crippen LogP contribution in [0.4, 0.5) is 0 Å². The summed E-state index contributed by atoms with van der Waals surface area (Å²) in [6.45, 7) is 2.29. The molecule has 140 valence electrons. The number of nitrogens with zero attached hydrogens (tertiary/aromatic N) is 1. The molecule has 0 saturated heterocycles. The van der Waals surface area contributed by atoms with Crippen LogP contribution in [0.25, 0.3) is 6.08 Å². The number of carbonyl (C=O) groups excluding carboxylic acids is 2. The fraction of sp³-hybridized carbons (Fsp3) is 0.0870. The van der Waals surface area contributed by atoms with E-state index in [0.29, 0.717) is 12.1 Å². The third kappa shape index (κ3) is 5.38. The van der Waals surface area contributed by atoms with Crippen molar-refractivity contribution in [3.05, 3.63) is 107 Å². The Bertz CT molecular complexity index is 966. The van der Waals surface area contributed by atoms with E-state index in [1.54, 1.807) is 30.6 Å². The molecule has 3 rings (SSSR count). The quantitative estimate of drug-likeness (QED) is 0.652. The molecule has 0 saturated carbocycles. The first-order valence-electron chi connectivity index (χ1n) is 8.94. The molecule has 0 aliphatic carbocycles. The summed E-state index contributed by atoms with van der Waals surface area (Å²) in [5.74, 6) is -0.692. The highest BCUT2D eigenvalue weighted by molar-refractivity contribution is 6.05. The molecule has 0 spiro atoms. The second-order valence-electron chi connectivity index (χ2n) is 6.33. The number of hydrogen-bond donors (Lipinski definition) is 2. The zero-order chi connectivity index (χ0) is 19.8. The van der Waals surface area contributed by atoms with Gasteiger partial charge >= 0.3 is 0 Å². The van der Waals surface area contributed by atoms with Crippen LogP contribution in [0.5, 0.6) is 0 Å². The monoisotopic (exact) mass is 371 g/mol. The van der Waals surface area contributed by atoms with Gasteiger partial charge in [0, 0.05) is 24.5 Å². The second-order valence-corrected chi connectivity index (χ2v) is 6.33. The van der Waals surface area contributed by atoms with E-state index in [1.165, 1.54) is 0 Å². The van der Waals surface area contributed by atoms with Gasteiger partial charge in [0.05, 0.1) is 0 Å². The zero-order valence-corrected chi connectivity index (χ0v) is 15.6. The van der Waals surface area contributed by atoms with Crippen LogP contribution in [0.15, 0.2) is 84.8 Å². The molecule has 0 bridgehead atoms. The number of aromatic nitrogens is 1. The molecular weight excluding hydrogens is 350 g/mol. The normalized spacial score (nSPS) is 11.0. The average Bonchev–Trinajstić information content (AvgIpc) is 2.73. The summed E-state index contributed by atoms with van der Waals surface area (Å²) in [6.07, 6.45) is 5.00. The van der Waals surface area contributed by atoms with Crippen molar-refractivity contribution in [3.8, 4) is 0 Å². The van der Waals surface area contributed by atoms with E-state index in [9.17, 15) is 9.59 Å². The SMILES string of the molecule is Cc1ccc(C(=O)N/C(=C\c2ccccc2)C(=O)NCc2ccncc2)cc1. The highest BCUT2D eigenvalue weighted by Gasteiger charge is 2.14. The summed E-state index contributed by atoms with van der Waals surface area (Å²) < 4.78 is 0. The van der Waals surface area contributed by atoms with E-state index in [0.717, 1.165) is 16.7 Å². The minimum absolute atomic E-state index is 0.186. The van der Waals surface area contributed by atoms with E-state index in [-0.39, 0.29) is 17.5 Å². The number of nitrogens with one attached hydrogen (secondary N) is 2. The van der Waals surface area contributed by atoms with Gasteiger partial charge in [0.15, 0.2) is 0 Å². The van der Waals surface area contributed by atoms with Crippen LogP contribution in [-0.4, -0.2) is 16.8 Å². The maximum absolute atomic E-state index is 12.7. The van der Waals surface area contributed by atoms with Crippen LogP contribution in [0, 0.1) is 6.92 Å². The van der Waals surface area contributed by atoms with Crippen molar-refractivity contribution in [2.45, 2.75) is 13.5 Å². The number of carbonyl (C=O) groups is 2. The summed E-state index contributed by atoms with van der Waals surface area (Å²) in [5.41, 5.74) is 3.48. The number of amides is 2. The van der Waals surface area contributed by atoms with E-state index >= 15 is 0 Å². The number of hydrogen-bond acceptors (Lipinski definition) is 3. The van der Waals surface area contributed by atoms with Crippen molar-refractivity contribution in [1.82, 2.24) is 15.6 Å². The van der Waals surface area contributed by atoms with Gasteiger partial charge in [0.25, 0.3) is 11.8 Å². The van der Waals surface area contributed by atoms with Crippen LogP contribution < -0.4 is 10.6 Å². The highest BCUT2D eigenvalue weighted by Crippen LogP contribution is 2.08. The average molecular weight is 371 g/mol. The van der Waals surface area contributed by atoms with Crippen molar-refractivity contribution in [2.75, 3.05) is 0 Å². The van der Waals surface area contributed by atoms with Crippen molar-refractivity contribution in [2.24, 2.45) is 0 Å². The zero-order valence-electron chi connectivity index (χ0n) is 15.6. The molecular formula is C23H21N3O2. The lowest BCUT2D eigenvalue weighted by atomic mass is 10.1. The third-order valence-electron chi connectivity index (χ3n) is 4.12. The van der Waals surface area contributed by atoms with Gasteiger partial charge in [-0.1, -0.05) is 48.0 Å². The second kappa shape index (κ2) is 9.28. The standard InChI is InChI=1S/C23H21N3O2/c1-17-7-9-20(10-8-17)22(27)26-21(15-18-5-3-2-4-6-18)23(28)25-16-19-11-13-24-14-12-19/h2-15H,16H2,1H3,(H,25,28)(H,26,27)/b21-15-. The van der Waals surface area contributed by atoms with Crippen LogP contribution in [0.1, 0.15) is 27.0 Å². The van der Waals surface area contributed by atoms with Crippen molar-refractivity contribution >= 4 is 17.9 Å². The largest absolute Gasteiger partial charge is 0.347 e. The van der Waals surface area contributed by atoms with Crippen LogP contribution in [-0.2, 0) is 11.3 Å². The molecule has 0 radical (unpaired) electrons. The number of pyridine rings is 1. The van der Waals surface area contributed by atoms with Gasteiger partial charge in [-0.25, -0.2) is 0 Å². The fourth-order valence-electron chi connectivity index (χ4n) is 2.55. The molecule has 2 amide bonds. The highest BCUT2D eigenvalue weighted by atomic mass is 16.2. The molecule has 5 heteroatoms. The van der Waals surface area contributed by atoms with Crippen molar-refractivity contribution in [3.63, 3.8) is 0 Å². The van der Waals surface area contributed by atoms with Crippen LogP contribution in [0.2, 0.25) is 0 Å². The Morgan fingerprint density at radius 1 is 0.929 bits per heavy atom. The first-order valence-corrected chi connectivity index (χ1v) is 8.94. The van der Waals surface area contributed by atoms with Crippen LogP contribution >= 0.6 is 0 Å². The Kier molecular flexibility index (Phi) is 6.31. The van der Waals surface area contributed by atoms with E-state index in [4.69, 9.17) is 0 Å². The van der Waals surface area contributed by atoms with E-state index in [2.05, 4.69) is 15.6 Å². The molecule has 1 aromatic heterocycles. The van der Waals surface area contributed by atoms with E-state index < -0.39 is 0 Å². The van der Waals surface area contributed by atoms with Gasteiger partial charge in [-0.05, 0) is 48.4 Å². The van der Waals surface area contributed by atoms with Gasteiger partial charge in [-0.2, -0.15) is 0 Å². The van der Waals surface area contributed by atoms with Crippen LogP contribution in [0.3, 0.4) is 0 Å². The summed E-state index contributed by atoms with van der Waals surface area (Å²) in [7, 11) is 0. The number of rotatable bonds is 6. The topological polar surface area (TPSA) is 71.1 Å². The summed E-state index contributed by atoms with van der Waals surface area (Å²) >= 11 is 0. The molecule has 1 heterocycles. The summed E-state index contributed by atoms with van der Waals surface area (Å²) in [5, 5.41) is 5.57. The molecule has 3 aromatic rings. The fourth-order valence-corrected chi connectivity index (χ4v) is 2.55. The van der Waals surface area contributed by atoms with Crippen molar-refractivity contribution < 1.29 is 9.59 Å². The summed E-state index contributed by atoms with van der Waals surface area (Å²) in [4.78, 5) is 29.3. The maximum atomic E-state index is 12.7. The minimum atomic E-state index is -0.360. The smallest absolute Gasteiger partial charge is 0.268 e. The molecule has 0 unspecified atom stereocenters. The number of benzene rings is 2. The molecule has 0 atom stereocenters. The first kappa shape index (κ1) is 19.0. The van der Waals surface area contributed by atoms with Crippen molar-refractivity contribution in [1.29, 1.82) is 0 Å². The lowest BCUT2D eigenvalue weighted by molar-refractivity contribution is -0.117. The number of aryl methyl sites for hydroxylation is 1. The third-order valence-corrected chi connectivity index (χ3v) is 4.12. The summed E-state index contributed by atoms with van der Waals surface area (Å²) in [6, 6.07) is 20.2. The Labute approximate surface area is 164 Å². The Morgan fingerprint density at radius 3 is 2.29 bits per heavy atom. The molecule has 28 heavy (non-hydrogen) atoms. The lowest BCUT2D eigenvalue weighted by Gasteiger charge is -2.11. The Hall–Kier alpha value is -3.73. The molecule has 0 aliphatic rings. The van der Waals surface area contributed by atoms with Gasteiger partial charge in [-0.3, -0.25) is 14.6 Å². The molecule has 2 N–H and O–H groups in total. The van der Waals surface area contributed by atoms with E-state index in [1.807, 2.05) is 61.5 Å². The molecule has 5 nitrogen and oxygen atoms in total. The predicted molar refractivity (Wildman–Crippen MR) is 109 cm³/mol. The Morgan fingerprint density at radius 2 is 1.61 bits per heavy atom. The van der Waals surface area contributed by atoms with Gasteiger partial charge in [0.1, 0.15) is 5.70 Å². The molecule has 0 fully saturated rings. The minimum Gasteiger partial charge on any atom is -0.347 e. The first-order chi connectivity index (χ1) is 13.6. The molecule has 0 aliphatic heterocycles. The Balaban J connectivity index is 1.78. The maximum Gasteiger partial charge on any atom is 0.268 e. The lowest BCUT2D eigenvalue weighted by Crippen LogP contribution is -2.34. The predicted octanol–water partition coefficient (Wildman–Crippen LogP) is 3.48. The van der Waals surface area contributed by atoms with Gasteiger partial charge in [0.2, 0.25) is 0 Å². The molecule has 2 aromatic carbocycles. The van der Waals surface area contributed by atoms with Gasteiger partial charge < -0.3 is 10.6 Å².